The number of alkyl halides is 1. The van der Waals surface area contributed by atoms with E-state index in [1.165, 1.54) is 64.2 Å². The van der Waals surface area contributed by atoms with Crippen LogP contribution >= 0.6 is 24.0 Å². The summed E-state index contributed by atoms with van der Waals surface area (Å²) in [4.78, 5) is 2.62. The molecule has 0 aromatic rings. The van der Waals surface area contributed by atoms with Crippen LogP contribution in [-0.2, 0) is 0 Å². The van der Waals surface area contributed by atoms with Crippen LogP contribution in [0.2, 0.25) is 0 Å². The first-order valence-corrected chi connectivity index (χ1v) is 8.34. The van der Waals surface area contributed by atoms with Crippen molar-refractivity contribution in [3.63, 3.8) is 0 Å². The first-order valence-electron chi connectivity index (χ1n) is 7.81. The van der Waals surface area contributed by atoms with E-state index in [1.54, 1.807) is 0 Å². The molecule has 2 aliphatic rings. The molecule has 0 aromatic carbocycles. The fraction of sp³-hybridized carbons (Fsp3) is 1.00. The Bertz CT molecular complexity index is 210. The molecule has 0 amide bonds. The van der Waals surface area contributed by atoms with Crippen LogP contribution in [0.1, 0.15) is 64.2 Å². The summed E-state index contributed by atoms with van der Waals surface area (Å²) < 4.78 is 0. The van der Waals surface area contributed by atoms with Crippen molar-refractivity contribution in [3.05, 3.63) is 0 Å². The molecular formula is C15H29Cl2NO. The second-order valence-corrected chi connectivity index (χ2v) is 6.40. The highest BCUT2D eigenvalue weighted by molar-refractivity contribution is 6.18. The fourth-order valence-electron chi connectivity index (χ4n) is 3.71. The Hall–Kier alpha value is 0.500. The lowest BCUT2D eigenvalue weighted by atomic mass is 9.88. The molecule has 4 heteroatoms. The Morgan fingerprint density at radius 2 is 1.32 bits per heavy atom. The number of aliphatic hydroxyl groups is 1. The molecule has 2 rings (SSSR count). The maximum Gasteiger partial charge on any atom is 0.0802 e. The van der Waals surface area contributed by atoms with E-state index in [2.05, 4.69) is 4.90 Å². The molecule has 2 saturated carbocycles. The standard InChI is InChI=1S/C15H28ClNO.ClH/c16-11-15(18)12-17(13-7-3-1-4-8-13)14-9-5-2-6-10-14;/h13-15,18H,1-12H2;1H. The van der Waals surface area contributed by atoms with Crippen LogP contribution in [0.15, 0.2) is 0 Å². The largest absolute Gasteiger partial charge is 0.391 e. The SMILES string of the molecule is Cl.OC(CCl)CN(C1CCCCC1)C1CCCCC1. The molecule has 1 atom stereocenters. The number of hydrogen-bond acceptors (Lipinski definition) is 2. The summed E-state index contributed by atoms with van der Waals surface area (Å²) in [5.41, 5.74) is 0. The van der Waals surface area contributed by atoms with Crippen LogP contribution in [0, 0.1) is 0 Å². The summed E-state index contributed by atoms with van der Waals surface area (Å²) in [6.07, 6.45) is 13.2. The molecule has 0 heterocycles. The molecule has 0 spiro atoms. The second kappa shape index (κ2) is 9.44. The Kier molecular flexibility index (Phi) is 8.72. The van der Waals surface area contributed by atoms with Gasteiger partial charge in [0, 0.05) is 24.5 Å². The highest BCUT2D eigenvalue weighted by Crippen LogP contribution is 2.30. The van der Waals surface area contributed by atoms with Crippen molar-refractivity contribution in [2.75, 3.05) is 12.4 Å². The van der Waals surface area contributed by atoms with E-state index < -0.39 is 0 Å². The van der Waals surface area contributed by atoms with Crippen molar-refractivity contribution >= 4 is 24.0 Å². The van der Waals surface area contributed by atoms with E-state index in [1.807, 2.05) is 0 Å². The van der Waals surface area contributed by atoms with Crippen LogP contribution in [0.5, 0.6) is 0 Å². The molecule has 0 aliphatic heterocycles. The maximum atomic E-state index is 9.92. The highest BCUT2D eigenvalue weighted by atomic mass is 35.5. The zero-order valence-corrected chi connectivity index (χ0v) is 13.5. The van der Waals surface area contributed by atoms with E-state index >= 15 is 0 Å². The topological polar surface area (TPSA) is 23.5 Å². The Morgan fingerprint density at radius 3 is 1.68 bits per heavy atom. The van der Waals surface area contributed by atoms with Gasteiger partial charge in [0.05, 0.1) is 6.10 Å². The molecule has 2 aliphatic carbocycles. The molecule has 19 heavy (non-hydrogen) atoms. The van der Waals surface area contributed by atoms with Gasteiger partial charge >= 0.3 is 0 Å². The summed E-state index contributed by atoms with van der Waals surface area (Å²) in [5.74, 6) is 0.371. The summed E-state index contributed by atoms with van der Waals surface area (Å²) in [6, 6.07) is 1.42. The maximum absolute atomic E-state index is 9.92. The lowest BCUT2D eigenvalue weighted by Gasteiger charge is -2.42. The fourth-order valence-corrected chi connectivity index (χ4v) is 3.81. The minimum Gasteiger partial charge on any atom is -0.391 e. The molecule has 1 unspecified atom stereocenters. The lowest BCUT2D eigenvalue weighted by Crippen LogP contribution is -2.48. The van der Waals surface area contributed by atoms with Gasteiger partial charge in [-0.1, -0.05) is 38.5 Å². The van der Waals surface area contributed by atoms with Crippen molar-refractivity contribution in [1.29, 1.82) is 0 Å². The van der Waals surface area contributed by atoms with Crippen LogP contribution < -0.4 is 0 Å². The highest BCUT2D eigenvalue weighted by Gasteiger charge is 2.29. The van der Waals surface area contributed by atoms with Gasteiger partial charge in [-0.05, 0) is 25.7 Å². The first kappa shape index (κ1) is 17.6. The predicted molar refractivity (Wildman–Crippen MR) is 84.4 cm³/mol. The normalized spacial score (nSPS) is 24.2. The van der Waals surface area contributed by atoms with Gasteiger partial charge in [-0.15, -0.1) is 24.0 Å². The molecular weight excluding hydrogens is 281 g/mol. The van der Waals surface area contributed by atoms with E-state index in [4.69, 9.17) is 11.6 Å². The van der Waals surface area contributed by atoms with Gasteiger partial charge in [-0.2, -0.15) is 0 Å². The molecule has 0 radical (unpaired) electrons. The van der Waals surface area contributed by atoms with Crippen LogP contribution in [-0.4, -0.2) is 40.6 Å². The number of rotatable bonds is 5. The summed E-state index contributed by atoms with van der Waals surface area (Å²) in [6.45, 7) is 0.791. The Morgan fingerprint density at radius 1 is 0.895 bits per heavy atom. The number of nitrogens with zero attached hydrogens (tertiary/aromatic N) is 1. The third-order valence-corrected chi connectivity index (χ3v) is 5.04. The van der Waals surface area contributed by atoms with Crippen LogP contribution in [0.3, 0.4) is 0 Å². The van der Waals surface area contributed by atoms with Crippen molar-refractivity contribution in [3.8, 4) is 0 Å². The molecule has 114 valence electrons. The predicted octanol–water partition coefficient (Wildman–Crippen LogP) is 3.98. The third-order valence-electron chi connectivity index (χ3n) is 4.69. The third kappa shape index (κ3) is 5.41. The van der Waals surface area contributed by atoms with E-state index in [-0.39, 0.29) is 18.5 Å². The number of aliphatic hydroxyl groups excluding tert-OH is 1. The van der Waals surface area contributed by atoms with E-state index in [0.717, 1.165) is 6.54 Å². The average molecular weight is 310 g/mol. The van der Waals surface area contributed by atoms with Gasteiger partial charge in [0.25, 0.3) is 0 Å². The average Bonchev–Trinajstić information content (AvgIpc) is 2.46. The van der Waals surface area contributed by atoms with Gasteiger partial charge < -0.3 is 5.11 Å². The van der Waals surface area contributed by atoms with E-state index in [0.29, 0.717) is 18.0 Å². The smallest absolute Gasteiger partial charge is 0.0802 e. The summed E-state index contributed by atoms with van der Waals surface area (Å²) >= 11 is 5.80. The lowest BCUT2D eigenvalue weighted by molar-refractivity contribution is 0.0366. The molecule has 0 bridgehead atoms. The van der Waals surface area contributed by atoms with Gasteiger partial charge in [0.1, 0.15) is 0 Å². The van der Waals surface area contributed by atoms with Crippen molar-refractivity contribution in [2.45, 2.75) is 82.4 Å². The zero-order chi connectivity index (χ0) is 12.8. The van der Waals surface area contributed by atoms with E-state index in [9.17, 15) is 5.11 Å². The van der Waals surface area contributed by atoms with Gasteiger partial charge in [0.2, 0.25) is 0 Å². The summed E-state index contributed by atoms with van der Waals surface area (Å²) in [7, 11) is 0. The Balaban J connectivity index is 0.00000180. The summed E-state index contributed by atoms with van der Waals surface area (Å²) in [5, 5.41) is 9.92. The zero-order valence-electron chi connectivity index (χ0n) is 11.9. The minimum absolute atomic E-state index is 0. The monoisotopic (exact) mass is 309 g/mol. The molecule has 0 saturated heterocycles. The second-order valence-electron chi connectivity index (χ2n) is 6.09. The molecule has 2 nitrogen and oxygen atoms in total. The first-order chi connectivity index (χ1) is 8.81. The van der Waals surface area contributed by atoms with Gasteiger partial charge in [-0.3, -0.25) is 4.90 Å². The van der Waals surface area contributed by atoms with Crippen LogP contribution in [0.4, 0.5) is 0 Å². The van der Waals surface area contributed by atoms with Crippen molar-refractivity contribution in [1.82, 2.24) is 4.90 Å². The number of hydrogen-bond donors (Lipinski definition) is 1. The Labute approximate surface area is 129 Å². The van der Waals surface area contributed by atoms with Crippen LogP contribution in [0.25, 0.3) is 0 Å². The molecule has 2 fully saturated rings. The minimum atomic E-state index is -0.351. The van der Waals surface area contributed by atoms with Crippen molar-refractivity contribution in [2.24, 2.45) is 0 Å². The quantitative estimate of drug-likeness (QED) is 0.777. The van der Waals surface area contributed by atoms with Crippen molar-refractivity contribution < 1.29 is 5.11 Å². The molecule has 0 aromatic heterocycles. The number of halogens is 2. The molecule has 1 N–H and O–H groups in total. The van der Waals surface area contributed by atoms with Gasteiger partial charge in [-0.25, -0.2) is 0 Å². The van der Waals surface area contributed by atoms with Gasteiger partial charge in [0.15, 0.2) is 0 Å².